The van der Waals surface area contributed by atoms with E-state index in [4.69, 9.17) is 0 Å². The van der Waals surface area contributed by atoms with Gasteiger partial charge in [-0.05, 0) is 49.2 Å². The first-order valence-electron chi connectivity index (χ1n) is 7.66. The van der Waals surface area contributed by atoms with Gasteiger partial charge in [-0.3, -0.25) is 0 Å². The molecule has 0 unspecified atom stereocenters. The monoisotopic (exact) mass is 336 g/mol. The van der Waals surface area contributed by atoms with Crippen LogP contribution in [0.4, 0.5) is 24.5 Å². The molecule has 0 atom stereocenters. The van der Waals surface area contributed by atoms with Crippen LogP contribution in [0.5, 0.6) is 0 Å². The highest BCUT2D eigenvalue weighted by Crippen LogP contribution is 2.37. The van der Waals surface area contributed by atoms with Gasteiger partial charge in [0.1, 0.15) is 0 Å². The summed E-state index contributed by atoms with van der Waals surface area (Å²) < 4.78 is 38.7. The predicted molar refractivity (Wildman–Crippen MR) is 89.0 cm³/mol. The van der Waals surface area contributed by atoms with Gasteiger partial charge in [-0.1, -0.05) is 18.2 Å². The van der Waals surface area contributed by atoms with Gasteiger partial charge in [0, 0.05) is 6.54 Å². The zero-order chi connectivity index (χ0) is 17.5. The van der Waals surface area contributed by atoms with Crippen molar-refractivity contribution < 1.29 is 18.3 Å². The molecule has 1 aliphatic heterocycles. The van der Waals surface area contributed by atoms with Crippen molar-refractivity contribution in [2.45, 2.75) is 25.6 Å². The summed E-state index contributed by atoms with van der Waals surface area (Å²) in [5.41, 5.74) is 1.50. The number of benzene rings is 2. The lowest BCUT2D eigenvalue weighted by Crippen LogP contribution is -2.38. The van der Waals surface area contributed by atoms with Gasteiger partial charge in [-0.15, -0.1) is 0 Å². The molecule has 0 fully saturated rings. The van der Waals surface area contributed by atoms with Crippen molar-refractivity contribution in [3.63, 3.8) is 0 Å². The van der Waals surface area contributed by atoms with Gasteiger partial charge in [0.2, 0.25) is 0 Å². The van der Waals surface area contributed by atoms with Crippen LogP contribution in [-0.4, -0.2) is 23.9 Å². The molecule has 3 rings (SSSR count). The van der Waals surface area contributed by atoms with E-state index in [0.717, 1.165) is 23.5 Å². The van der Waals surface area contributed by atoms with E-state index in [-0.39, 0.29) is 0 Å². The van der Waals surface area contributed by atoms with Gasteiger partial charge in [0.15, 0.2) is 0 Å². The average Bonchev–Trinajstić information content (AvgIpc) is 2.87. The molecule has 2 aromatic rings. The van der Waals surface area contributed by atoms with Gasteiger partial charge < -0.3 is 15.3 Å². The normalized spacial score (nSPS) is 14.5. The number of nitrogens with one attached hydrogen (secondary N) is 1. The molecule has 24 heavy (non-hydrogen) atoms. The lowest BCUT2D eigenvalue weighted by molar-refractivity contribution is -0.137. The quantitative estimate of drug-likeness (QED) is 0.876. The van der Waals surface area contributed by atoms with Crippen molar-refractivity contribution >= 4 is 11.4 Å². The number of fused-ring (bicyclic) bond motifs is 1. The highest BCUT2D eigenvalue weighted by molar-refractivity contribution is 5.81. The maximum atomic E-state index is 12.9. The average molecular weight is 336 g/mol. The van der Waals surface area contributed by atoms with E-state index in [1.807, 2.05) is 17.0 Å². The van der Waals surface area contributed by atoms with Crippen LogP contribution in [0.1, 0.15) is 19.4 Å². The van der Waals surface area contributed by atoms with Crippen LogP contribution in [0.3, 0.4) is 0 Å². The fraction of sp³-hybridized carbons (Fsp3) is 0.333. The summed E-state index contributed by atoms with van der Waals surface area (Å²) in [6, 6.07) is 10.8. The summed E-state index contributed by atoms with van der Waals surface area (Å²) in [5, 5.41) is 13.2. The first-order valence-corrected chi connectivity index (χ1v) is 7.66. The fourth-order valence-corrected chi connectivity index (χ4v) is 2.87. The lowest BCUT2D eigenvalue weighted by Gasteiger charge is -2.26. The topological polar surface area (TPSA) is 35.5 Å². The Morgan fingerprint density at radius 1 is 1.08 bits per heavy atom. The number of β-amino-alcohol motifs (C(OH)–C–C–N with tert-alkyl or cyclic N) is 1. The second kappa shape index (κ2) is 5.70. The number of aliphatic hydroxyl groups is 1. The van der Waals surface area contributed by atoms with E-state index in [1.165, 1.54) is 6.07 Å². The van der Waals surface area contributed by atoms with Crippen molar-refractivity contribution in [3.8, 4) is 11.1 Å². The number of rotatable bonds is 3. The molecule has 0 aromatic heterocycles. The van der Waals surface area contributed by atoms with E-state index in [2.05, 4.69) is 5.32 Å². The summed E-state index contributed by atoms with van der Waals surface area (Å²) in [6.45, 7) is 4.44. The van der Waals surface area contributed by atoms with E-state index in [9.17, 15) is 18.3 Å². The zero-order valence-electron chi connectivity index (χ0n) is 13.5. The Morgan fingerprint density at radius 2 is 1.79 bits per heavy atom. The third kappa shape index (κ3) is 3.48. The molecule has 6 heteroatoms. The maximum absolute atomic E-state index is 12.9. The molecule has 0 aliphatic carbocycles. The standard InChI is InChI=1S/C18H19F3N2O/c1-17(2,24)10-23-11-22-15-7-6-13(9-16(15)23)12-4-3-5-14(8-12)18(19,20)21/h3-9,22,24H,10-11H2,1-2H3. The molecule has 0 spiro atoms. The number of halogens is 3. The minimum atomic E-state index is -4.36. The van der Waals surface area contributed by atoms with Crippen LogP contribution in [0, 0.1) is 0 Å². The highest BCUT2D eigenvalue weighted by Gasteiger charge is 2.30. The highest BCUT2D eigenvalue weighted by atomic mass is 19.4. The molecule has 0 radical (unpaired) electrons. The third-order valence-corrected chi connectivity index (χ3v) is 3.90. The van der Waals surface area contributed by atoms with Gasteiger partial charge in [0.05, 0.1) is 29.2 Å². The Kier molecular flexibility index (Phi) is 3.95. The van der Waals surface area contributed by atoms with Gasteiger partial charge in [-0.2, -0.15) is 13.2 Å². The fourth-order valence-electron chi connectivity index (χ4n) is 2.87. The summed E-state index contributed by atoms with van der Waals surface area (Å²) in [4.78, 5) is 1.98. The maximum Gasteiger partial charge on any atom is 0.416 e. The Bertz CT molecular complexity index is 751. The Balaban J connectivity index is 1.96. The molecule has 0 saturated carbocycles. The van der Waals surface area contributed by atoms with E-state index < -0.39 is 17.3 Å². The number of nitrogens with zero attached hydrogens (tertiary/aromatic N) is 1. The number of anilines is 2. The predicted octanol–water partition coefficient (Wildman–Crippen LogP) is 4.33. The van der Waals surface area contributed by atoms with E-state index in [0.29, 0.717) is 24.3 Å². The molecular formula is C18H19F3N2O. The molecule has 128 valence electrons. The second-order valence-electron chi connectivity index (χ2n) is 6.66. The summed E-state index contributed by atoms with van der Waals surface area (Å²) >= 11 is 0. The van der Waals surface area contributed by atoms with Crippen molar-refractivity contribution in [2.75, 3.05) is 23.4 Å². The largest absolute Gasteiger partial charge is 0.416 e. The summed E-state index contributed by atoms with van der Waals surface area (Å²) in [7, 11) is 0. The second-order valence-corrected chi connectivity index (χ2v) is 6.66. The van der Waals surface area contributed by atoms with Crippen molar-refractivity contribution in [1.82, 2.24) is 0 Å². The van der Waals surface area contributed by atoms with Crippen LogP contribution in [-0.2, 0) is 6.18 Å². The van der Waals surface area contributed by atoms with E-state index in [1.54, 1.807) is 26.0 Å². The van der Waals surface area contributed by atoms with Crippen molar-refractivity contribution in [3.05, 3.63) is 48.0 Å². The Hall–Kier alpha value is -2.21. The van der Waals surface area contributed by atoms with Crippen LogP contribution in [0.15, 0.2) is 42.5 Å². The molecule has 1 heterocycles. The molecule has 1 aliphatic rings. The van der Waals surface area contributed by atoms with Crippen LogP contribution in [0.2, 0.25) is 0 Å². The smallest absolute Gasteiger partial charge is 0.389 e. The zero-order valence-corrected chi connectivity index (χ0v) is 13.5. The molecule has 0 bridgehead atoms. The first-order chi connectivity index (χ1) is 11.1. The van der Waals surface area contributed by atoms with Crippen molar-refractivity contribution in [1.29, 1.82) is 0 Å². The van der Waals surface area contributed by atoms with E-state index >= 15 is 0 Å². The van der Waals surface area contributed by atoms with Crippen molar-refractivity contribution in [2.24, 2.45) is 0 Å². The Labute approximate surface area is 138 Å². The third-order valence-electron chi connectivity index (χ3n) is 3.90. The van der Waals surface area contributed by atoms with Crippen LogP contribution < -0.4 is 10.2 Å². The minimum absolute atomic E-state index is 0.430. The molecule has 0 saturated heterocycles. The number of hydrogen-bond acceptors (Lipinski definition) is 3. The first kappa shape index (κ1) is 16.6. The minimum Gasteiger partial charge on any atom is -0.389 e. The van der Waals surface area contributed by atoms with Gasteiger partial charge in [-0.25, -0.2) is 0 Å². The molecule has 2 N–H and O–H groups in total. The van der Waals surface area contributed by atoms with Crippen LogP contribution >= 0.6 is 0 Å². The molecule has 0 amide bonds. The molecule has 3 nitrogen and oxygen atoms in total. The SMILES string of the molecule is CC(C)(O)CN1CNc2ccc(-c3cccc(C(F)(F)F)c3)cc21. The van der Waals surface area contributed by atoms with Crippen LogP contribution in [0.25, 0.3) is 11.1 Å². The molecule has 2 aromatic carbocycles. The number of hydrogen-bond donors (Lipinski definition) is 2. The Morgan fingerprint density at radius 3 is 2.46 bits per heavy atom. The van der Waals surface area contributed by atoms with Gasteiger partial charge in [0.25, 0.3) is 0 Å². The molecular weight excluding hydrogens is 317 g/mol. The summed E-state index contributed by atoms with van der Waals surface area (Å²) in [6.07, 6.45) is -4.36. The number of alkyl halides is 3. The van der Waals surface area contributed by atoms with Gasteiger partial charge >= 0.3 is 6.18 Å². The summed E-state index contributed by atoms with van der Waals surface area (Å²) in [5.74, 6) is 0. The lowest BCUT2D eigenvalue weighted by atomic mass is 10.0.